The van der Waals surface area contributed by atoms with Crippen molar-refractivity contribution in [2.75, 3.05) is 0 Å². The molecule has 0 spiro atoms. The third-order valence-corrected chi connectivity index (χ3v) is 20.9. The van der Waals surface area contributed by atoms with Gasteiger partial charge in [0.1, 0.15) is 0 Å². The Bertz CT molecular complexity index is 2970. The Hall–Kier alpha value is -4.26. The molecule has 0 radical (unpaired) electrons. The molecule has 0 saturated carbocycles. The van der Waals surface area contributed by atoms with Gasteiger partial charge in [-0.3, -0.25) is 0 Å². The summed E-state index contributed by atoms with van der Waals surface area (Å²) in [6.07, 6.45) is 4.62. The molecule has 6 aromatic carbocycles. The molecule has 0 nitrogen and oxygen atoms in total. The molecule has 0 atom stereocenters. The summed E-state index contributed by atoms with van der Waals surface area (Å²) in [5.41, 5.74) is 9.42. The Balaban J connectivity index is 0.949. The Kier molecular flexibility index (Phi) is 8.29. The summed E-state index contributed by atoms with van der Waals surface area (Å²) in [7, 11) is 0. The fourth-order valence-electron chi connectivity index (χ4n) is 6.67. The van der Waals surface area contributed by atoms with Crippen molar-refractivity contribution in [1.82, 2.24) is 0 Å². The van der Waals surface area contributed by atoms with E-state index in [2.05, 4.69) is 171 Å². The van der Waals surface area contributed by atoms with Crippen molar-refractivity contribution in [2.24, 2.45) is 0 Å². The summed E-state index contributed by atoms with van der Waals surface area (Å²) in [6.45, 7) is 4.23. The molecule has 0 N–H and O–H groups in total. The van der Waals surface area contributed by atoms with E-state index in [9.17, 15) is 0 Å². The van der Waals surface area contributed by atoms with Crippen LogP contribution in [0.25, 0.3) is 67.8 Å². The van der Waals surface area contributed by atoms with E-state index in [4.69, 9.17) is 0 Å². The van der Waals surface area contributed by atoms with Gasteiger partial charge in [0.2, 0.25) is 0 Å². The molecule has 10 aromatic rings. The molecule has 0 aliphatic rings. The normalized spacial score (nSPS) is 11.7. The van der Waals surface area contributed by atoms with Crippen LogP contribution in [0.3, 0.4) is 0 Å². The molecule has 0 bridgehead atoms. The van der Waals surface area contributed by atoms with Crippen LogP contribution in [0.4, 0.5) is 0 Å². The van der Waals surface area contributed by atoms with Gasteiger partial charge >= 0.3 is 329 Å². The van der Waals surface area contributed by atoms with Gasteiger partial charge in [0, 0.05) is 0 Å². The number of aryl methyl sites for hydroxylation is 2. The van der Waals surface area contributed by atoms with Crippen LogP contribution in [0, 0.1) is 37.5 Å². The van der Waals surface area contributed by atoms with Crippen LogP contribution >= 0.6 is 0 Å². The molecule has 0 aliphatic heterocycles. The second-order valence-corrected chi connectivity index (χ2v) is 22.1. The van der Waals surface area contributed by atoms with Crippen molar-refractivity contribution in [1.29, 1.82) is 0 Å². The monoisotopic (exact) mass is 924 g/mol. The number of fused-ring (bicyclic) bond motifs is 10. The van der Waals surface area contributed by atoms with Gasteiger partial charge in [-0.25, -0.2) is 0 Å². The number of rotatable bonds is 2. The molecule has 52 heavy (non-hydrogen) atoms. The third kappa shape index (κ3) is 6.08. The van der Waals surface area contributed by atoms with Crippen LogP contribution < -0.4 is 0 Å². The van der Waals surface area contributed by atoms with E-state index in [1.807, 2.05) is 0 Å². The Morgan fingerprint density at radius 1 is 0.346 bits per heavy atom. The zero-order valence-corrected chi connectivity index (χ0v) is 35.2. The maximum absolute atomic E-state index is 3.42. The SMILES string of the molecule is Cc1ccc(C#Cc2ccc3[se]c4c5cc(/C=C/c6ccc7[se]c8c9cc(C#Cc%10ccc(C)cc%10)ccc9[se]c8c7c6)ccc5[se]c4c3c2)cc1. The van der Waals surface area contributed by atoms with Crippen molar-refractivity contribution >= 4 is 126 Å². The number of hydrogen-bond donors (Lipinski definition) is 0. The first-order valence-electron chi connectivity index (χ1n) is 17.1. The Morgan fingerprint density at radius 2 is 0.654 bits per heavy atom. The van der Waals surface area contributed by atoms with Crippen LogP contribution in [0.2, 0.25) is 0 Å². The summed E-state index contributed by atoms with van der Waals surface area (Å²) in [5.74, 6) is 13.6. The van der Waals surface area contributed by atoms with Gasteiger partial charge in [-0.2, -0.15) is 0 Å². The zero-order chi connectivity index (χ0) is 34.8. The zero-order valence-electron chi connectivity index (χ0n) is 28.3. The second kappa shape index (κ2) is 13.3. The fourth-order valence-corrected chi connectivity index (χ4v) is 19.1. The molecule has 244 valence electrons. The van der Waals surface area contributed by atoms with Gasteiger partial charge in [-0.15, -0.1) is 0 Å². The van der Waals surface area contributed by atoms with Crippen molar-refractivity contribution in [3.8, 4) is 23.7 Å². The first-order chi connectivity index (χ1) is 25.5. The Morgan fingerprint density at radius 3 is 1.04 bits per heavy atom. The molecule has 0 fully saturated rings. The topological polar surface area (TPSA) is 0 Å². The van der Waals surface area contributed by atoms with E-state index in [1.54, 1.807) is 17.0 Å². The Labute approximate surface area is 326 Å². The third-order valence-electron chi connectivity index (χ3n) is 9.48. The number of hydrogen-bond acceptors (Lipinski definition) is 0. The molecule has 10 rings (SSSR count). The molecule has 4 aromatic heterocycles. The molecule has 0 amide bonds. The van der Waals surface area contributed by atoms with Crippen molar-refractivity contribution in [2.45, 2.75) is 13.8 Å². The molecule has 4 heteroatoms. The minimum absolute atomic E-state index is 0.338. The van der Waals surface area contributed by atoms with Gasteiger partial charge in [-0.05, 0) is 0 Å². The van der Waals surface area contributed by atoms with Gasteiger partial charge in [-0.1, -0.05) is 0 Å². The standard InChI is InChI=1S/C48H28Se4/c1-29-3-7-31(8-4-29)11-13-33-17-21-41-37(25-33)45-47(49-41)39-27-35(19-23-43(39)51-45)15-16-36-20-24-44-40(28-36)48-46(52-44)38-26-34(18-22-42(38)50-48)14-12-32-9-5-30(2)6-10-32/h3-10,15-28H,1-2H3/b16-15+. The van der Waals surface area contributed by atoms with Gasteiger partial charge < -0.3 is 0 Å². The maximum atomic E-state index is 3.42. The van der Waals surface area contributed by atoms with Gasteiger partial charge in [0.15, 0.2) is 0 Å². The molecule has 0 unspecified atom stereocenters. The summed E-state index contributed by atoms with van der Waals surface area (Å²) >= 11 is 1.35. The van der Waals surface area contributed by atoms with Crippen LogP contribution in [0.5, 0.6) is 0 Å². The average Bonchev–Trinajstić information content (AvgIpc) is 3.91. The average molecular weight is 921 g/mol. The quantitative estimate of drug-likeness (QED) is 0.0921. The second-order valence-electron chi connectivity index (χ2n) is 13.2. The van der Waals surface area contributed by atoms with Crippen molar-refractivity contribution in [3.05, 3.63) is 166 Å². The predicted molar refractivity (Wildman–Crippen MR) is 229 cm³/mol. The first kappa shape index (κ1) is 32.4. The molecular formula is C48H28Se4. The molecule has 4 heterocycles. The summed E-state index contributed by atoms with van der Waals surface area (Å²) in [6, 6.07) is 44.9. The van der Waals surface area contributed by atoms with Crippen LogP contribution in [-0.4, -0.2) is 58.0 Å². The van der Waals surface area contributed by atoms with Gasteiger partial charge in [0.25, 0.3) is 0 Å². The van der Waals surface area contributed by atoms with Gasteiger partial charge in [0.05, 0.1) is 0 Å². The first-order valence-corrected chi connectivity index (χ1v) is 24.0. The predicted octanol–water partition coefficient (Wildman–Crippen LogP) is 10.4. The van der Waals surface area contributed by atoms with Crippen molar-refractivity contribution < 1.29 is 0 Å². The van der Waals surface area contributed by atoms with Crippen LogP contribution in [-0.2, 0) is 0 Å². The minimum atomic E-state index is 0.338. The molecular weight excluding hydrogens is 892 g/mol. The summed E-state index contributed by atoms with van der Waals surface area (Å²) < 4.78 is 12.4. The molecule has 0 saturated heterocycles. The van der Waals surface area contributed by atoms with E-state index in [0.29, 0.717) is 58.0 Å². The van der Waals surface area contributed by atoms with E-state index >= 15 is 0 Å². The molecule has 0 aliphatic carbocycles. The van der Waals surface area contributed by atoms with E-state index in [1.165, 1.54) is 60.8 Å². The summed E-state index contributed by atoms with van der Waals surface area (Å²) in [4.78, 5) is 0. The summed E-state index contributed by atoms with van der Waals surface area (Å²) in [5, 5.41) is 5.83. The van der Waals surface area contributed by atoms with Crippen LogP contribution in [0.15, 0.2) is 121 Å². The van der Waals surface area contributed by atoms with E-state index in [0.717, 1.165) is 22.3 Å². The van der Waals surface area contributed by atoms with E-state index in [-0.39, 0.29) is 0 Å². The van der Waals surface area contributed by atoms with E-state index < -0.39 is 0 Å². The van der Waals surface area contributed by atoms with Crippen LogP contribution in [0.1, 0.15) is 44.5 Å². The number of benzene rings is 6. The van der Waals surface area contributed by atoms with Crippen molar-refractivity contribution in [3.63, 3.8) is 0 Å². The fraction of sp³-hybridized carbons (Fsp3) is 0.0417.